The highest BCUT2D eigenvalue weighted by molar-refractivity contribution is 5.83. The molecule has 0 aliphatic carbocycles. The Hall–Kier alpha value is -1.28. The van der Waals surface area contributed by atoms with Crippen LogP contribution in [0.2, 0.25) is 0 Å². The lowest BCUT2D eigenvalue weighted by molar-refractivity contribution is 0.328. The first-order valence-electron chi connectivity index (χ1n) is 7.34. The van der Waals surface area contributed by atoms with Crippen molar-refractivity contribution in [3.05, 3.63) is 36.0 Å². The van der Waals surface area contributed by atoms with E-state index < -0.39 is 0 Å². The Morgan fingerprint density at radius 2 is 2.00 bits per heavy atom. The van der Waals surface area contributed by atoms with Crippen LogP contribution in [0.25, 0.3) is 10.9 Å². The van der Waals surface area contributed by atoms with Crippen molar-refractivity contribution in [1.29, 1.82) is 0 Å². The van der Waals surface area contributed by atoms with Crippen molar-refractivity contribution >= 4 is 10.9 Å². The maximum absolute atomic E-state index is 5.80. The highest BCUT2D eigenvalue weighted by atomic mass is 15.0. The molecule has 2 rings (SSSR count). The van der Waals surface area contributed by atoms with Gasteiger partial charge in [0.1, 0.15) is 0 Å². The molecule has 0 atom stereocenters. The summed E-state index contributed by atoms with van der Waals surface area (Å²) in [5.74, 6) is 0. The van der Waals surface area contributed by atoms with Crippen LogP contribution in [-0.4, -0.2) is 11.1 Å². The number of rotatable bonds is 6. The molecule has 0 radical (unpaired) electrons. The molecule has 0 saturated carbocycles. The van der Waals surface area contributed by atoms with Crippen molar-refractivity contribution in [1.82, 2.24) is 4.57 Å². The second-order valence-corrected chi connectivity index (χ2v) is 6.19. The van der Waals surface area contributed by atoms with Crippen LogP contribution in [0.3, 0.4) is 0 Å². The van der Waals surface area contributed by atoms with Gasteiger partial charge >= 0.3 is 0 Å². The lowest BCUT2D eigenvalue weighted by Crippen LogP contribution is -2.23. The minimum Gasteiger partial charge on any atom is -0.347 e. The monoisotopic (exact) mass is 258 g/mol. The number of benzene rings is 1. The highest BCUT2D eigenvalue weighted by Crippen LogP contribution is 2.24. The third-order valence-corrected chi connectivity index (χ3v) is 4.06. The van der Waals surface area contributed by atoms with E-state index in [0.29, 0.717) is 0 Å². The number of aromatic nitrogens is 1. The van der Waals surface area contributed by atoms with E-state index in [0.717, 1.165) is 19.5 Å². The Morgan fingerprint density at radius 3 is 2.68 bits per heavy atom. The minimum atomic E-state index is 0.260. The molecule has 0 amide bonds. The summed E-state index contributed by atoms with van der Waals surface area (Å²) in [4.78, 5) is 0. The van der Waals surface area contributed by atoms with Crippen molar-refractivity contribution in [2.75, 3.05) is 6.54 Å². The lowest BCUT2D eigenvalue weighted by atomic mass is 9.88. The molecule has 2 nitrogen and oxygen atoms in total. The van der Waals surface area contributed by atoms with Crippen LogP contribution in [-0.2, 0) is 13.0 Å². The summed E-state index contributed by atoms with van der Waals surface area (Å²) in [6.45, 7) is 8.57. The number of nitrogens with two attached hydrogens (primary N) is 1. The normalized spacial score (nSPS) is 12.2. The summed E-state index contributed by atoms with van der Waals surface area (Å²) in [5, 5.41) is 1.36. The van der Waals surface area contributed by atoms with E-state index in [2.05, 4.69) is 55.8 Å². The third-order valence-electron chi connectivity index (χ3n) is 4.06. The van der Waals surface area contributed by atoms with Gasteiger partial charge in [-0.05, 0) is 48.2 Å². The van der Waals surface area contributed by atoms with Crippen LogP contribution in [0.5, 0.6) is 0 Å². The summed E-state index contributed by atoms with van der Waals surface area (Å²) < 4.78 is 2.40. The largest absolute Gasteiger partial charge is 0.347 e. The summed E-state index contributed by atoms with van der Waals surface area (Å²) in [6, 6.07) is 8.82. The summed E-state index contributed by atoms with van der Waals surface area (Å²) in [6.07, 6.45) is 5.68. The molecule has 1 aromatic heterocycles. The zero-order valence-electron chi connectivity index (χ0n) is 12.4. The second-order valence-electron chi connectivity index (χ2n) is 6.19. The first-order chi connectivity index (χ1) is 9.07. The molecule has 0 aliphatic rings. The van der Waals surface area contributed by atoms with E-state index in [1.807, 2.05) is 0 Å². The SMILES string of the molecule is CCc1cccc2ccn(CCCC(C)(C)CN)c12. The molecule has 0 saturated heterocycles. The van der Waals surface area contributed by atoms with Crippen molar-refractivity contribution in [3.63, 3.8) is 0 Å². The third kappa shape index (κ3) is 3.19. The highest BCUT2D eigenvalue weighted by Gasteiger charge is 2.15. The van der Waals surface area contributed by atoms with Gasteiger partial charge in [-0.1, -0.05) is 39.0 Å². The van der Waals surface area contributed by atoms with E-state index in [-0.39, 0.29) is 5.41 Å². The Labute approximate surface area is 116 Å². The number of hydrogen-bond donors (Lipinski definition) is 1. The average molecular weight is 258 g/mol. The maximum Gasteiger partial charge on any atom is 0.0512 e. The Bertz CT molecular complexity index is 537. The van der Waals surface area contributed by atoms with Crippen LogP contribution in [0.4, 0.5) is 0 Å². The lowest BCUT2D eigenvalue weighted by Gasteiger charge is -2.22. The van der Waals surface area contributed by atoms with Gasteiger partial charge in [0.15, 0.2) is 0 Å². The molecule has 0 spiro atoms. The van der Waals surface area contributed by atoms with Crippen molar-refractivity contribution in [3.8, 4) is 0 Å². The quantitative estimate of drug-likeness (QED) is 0.835. The fraction of sp³-hybridized carbons (Fsp3) is 0.529. The number of fused-ring (bicyclic) bond motifs is 1. The summed E-state index contributed by atoms with van der Waals surface area (Å²) in [7, 11) is 0. The van der Waals surface area contributed by atoms with Gasteiger partial charge in [0, 0.05) is 12.7 Å². The number of aryl methyl sites for hydroxylation is 2. The molecular weight excluding hydrogens is 232 g/mol. The minimum absolute atomic E-state index is 0.260. The van der Waals surface area contributed by atoms with Crippen LogP contribution < -0.4 is 5.73 Å². The molecular formula is C17H26N2. The smallest absolute Gasteiger partial charge is 0.0512 e. The Kier molecular flexibility index (Phi) is 4.31. The van der Waals surface area contributed by atoms with E-state index in [1.54, 1.807) is 0 Å². The first-order valence-corrected chi connectivity index (χ1v) is 7.34. The molecule has 0 bridgehead atoms. The zero-order chi connectivity index (χ0) is 13.9. The van der Waals surface area contributed by atoms with Gasteiger partial charge in [0.25, 0.3) is 0 Å². The van der Waals surface area contributed by atoms with E-state index >= 15 is 0 Å². The fourth-order valence-corrected chi connectivity index (χ4v) is 2.64. The molecule has 1 heterocycles. The van der Waals surface area contributed by atoms with Crippen molar-refractivity contribution in [2.45, 2.75) is 46.6 Å². The molecule has 0 aliphatic heterocycles. The predicted molar refractivity (Wildman–Crippen MR) is 83.4 cm³/mol. The Balaban J connectivity index is 2.13. The zero-order valence-corrected chi connectivity index (χ0v) is 12.4. The fourth-order valence-electron chi connectivity index (χ4n) is 2.64. The van der Waals surface area contributed by atoms with Gasteiger partial charge in [0.2, 0.25) is 0 Å². The second kappa shape index (κ2) is 5.79. The average Bonchev–Trinajstić information content (AvgIpc) is 2.82. The standard InChI is InChI=1S/C17H26N2/c1-4-14-7-5-8-15-9-12-19(16(14)15)11-6-10-17(2,3)13-18/h5,7-9,12H,4,6,10-11,13,18H2,1-3H3. The van der Waals surface area contributed by atoms with Crippen molar-refractivity contribution in [2.24, 2.45) is 11.1 Å². The molecule has 0 unspecified atom stereocenters. The van der Waals surface area contributed by atoms with Gasteiger partial charge in [-0.2, -0.15) is 0 Å². The first kappa shape index (κ1) is 14.1. The number of para-hydroxylation sites is 1. The summed E-state index contributed by atoms with van der Waals surface area (Å²) in [5.41, 5.74) is 8.91. The van der Waals surface area contributed by atoms with Gasteiger partial charge in [0.05, 0.1) is 5.52 Å². The topological polar surface area (TPSA) is 30.9 Å². The molecule has 0 fully saturated rings. The van der Waals surface area contributed by atoms with E-state index in [4.69, 9.17) is 5.73 Å². The maximum atomic E-state index is 5.80. The van der Waals surface area contributed by atoms with E-state index in [1.165, 1.54) is 29.3 Å². The van der Waals surface area contributed by atoms with E-state index in [9.17, 15) is 0 Å². The molecule has 104 valence electrons. The molecule has 2 heteroatoms. The van der Waals surface area contributed by atoms with Crippen LogP contribution in [0, 0.1) is 5.41 Å². The predicted octanol–water partition coefficient (Wildman–Crippen LogP) is 3.97. The number of nitrogens with zero attached hydrogens (tertiary/aromatic N) is 1. The van der Waals surface area contributed by atoms with Crippen LogP contribution >= 0.6 is 0 Å². The molecule has 2 N–H and O–H groups in total. The van der Waals surface area contributed by atoms with Gasteiger partial charge in [-0.3, -0.25) is 0 Å². The number of hydrogen-bond acceptors (Lipinski definition) is 1. The molecule has 2 aromatic rings. The molecule has 1 aromatic carbocycles. The van der Waals surface area contributed by atoms with Crippen LogP contribution in [0.1, 0.15) is 39.2 Å². The van der Waals surface area contributed by atoms with Gasteiger partial charge < -0.3 is 10.3 Å². The van der Waals surface area contributed by atoms with Crippen LogP contribution in [0.15, 0.2) is 30.5 Å². The van der Waals surface area contributed by atoms with Gasteiger partial charge in [-0.15, -0.1) is 0 Å². The van der Waals surface area contributed by atoms with Crippen molar-refractivity contribution < 1.29 is 0 Å². The summed E-state index contributed by atoms with van der Waals surface area (Å²) >= 11 is 0. The Morgan fingerprint density at radius 1 is 1.21 bits per heavy atom. The molecule has 19 heavy (non-hydrogen) atoms. The van der Waals surface area contributed by atoms with Gasteiger partial charge in [-0.25, -0.2) is 0 Å².